The Hall–Kier alpha value is -4.70. The summed E-state index contributed by atoms with van der Waals surface area (Å²) in [5.41, 5.74) is 1.41. The van der Waals surface area contributed by atoms with Crippen LogP contribution in [0.2, 0.25) is 0 Å². The van der Waals surface area contributed by atoms with Crippen LogP contribution in [0.4, 0.5) is 5.69 Å². The second kappa shape index (κ2) is 56.5. The van der Waals surface area contributed by atoms with Crippen LogP contribution in [-0.2, 0) is 122 Å². The number of aryl methyl sites for hydroxylation is 1. The molecule has 0 saturated carbocycles. The van der Waals surface area contributed by atoms with Gasteiger partial charge in [0.25, 0.3) is 11.8 Å². The number of methoxy groups -OCH3 is 2. The molecular weight excluding hydrogens is 1220 g/mol. The number of rotatable bonds is 64. The Kier molecular flexibility index (Phi) is 51.2. The summed E-state index contributed by atoms with van der Waals surface area (Å²) in [6.45, 7) is 26.6. The minimum atomic E-state index is -1.06. The van der Waals surface area contributed by atoms with Crippen molar-refractivity contribution in [3.63, 3.8) is 0 Å². The Balaban J connectivity index is 0. The number of amides is 5. The van der Waals surface area contributed by atoms with Crippen molar-refractivity contribution in [3.05, 3.63) is 41.5 Å². The number of carbonyl (C=O) groups excluding carboxylic acids is 6. The zero-order valence-corrected chi connectivity index (χ0v) is 57.0. The maximum Gasteiger partial charge on any atom is 0.311 e. The van der Waals surface area contributed by atoms with Gasteiger partial charge >= 0.3 is 5.97 Å². The molecule has 0 unspecified atom stereocenters. The number of imide groups is 1. The highest BCUT2D eigenvalue weighted by Crippen LogP contribution is 2.22. The number of nitrogens with zero attached hydrogens (tertiary/aromatic N) is 2. The van der Waals surface area contributed by atoms with Crippen LogP contribution in [-0.4, -0.2) is 296 Å². The van der Waals surface area contributed by atoms with Crippen LogP contribution in [0.25, 0.3) is 0 Å². The predicted octanol–water partition coefficient (Wildman–Crippen LogP) is 3.56. The van der Waals surface area contributed by atoms with Gasteiger partial charge in [-0.25, -0.2) is 0 Å². The van der Waals surface area contributed by atoms with E-state index in [0.29, 0.717) is 210 Å². The topological polar surface area (TPSA) is 302 Å². The zero-order valence-electron chi connectivity index (χ0n) is 57.0. The molecule has 1 aromatic rings. The molecule has 0 aliphatic carbocycles. The van der Waals surface area contributed by atoms with Crippen molar-refractivity contribution < 1.29 is 114 Å². The molecule has 542 valence electrons. The first-order valence-electron chi connectivity index (χ1n) is 32.6. The molecule has 28 nitrogen and oxygen atoms in total. The predicted molar refractivity (Wildman–Crippen MR) is 350 cm³/mol. The first-order chi connectivity index (χ1) is 45.1. The molecule has 1 heterocycles. The van der Waals surface area contributed by atoms with Crippen LogP contribution in [0.15, 0.2) is 30.4 Å². The number of anilines is 1. The summed E-state index contributed by atoms with van der Waals surface area (Å²) in [5, 5.41) is 8.17. The SMILES string of the molecule is COCCOCCOCCOCCOCCOCCOCCOCCCN(CCCOCCOCCOCCOCCOCCOCCOCCOC)CCCc1cc(NC(=O)[C@H](C)NC(=O)[C@@H](NC(=O)CN2C(=O)C=CC2=O)C(C)C)ccc1COC(=O)C(C)(C)C.[HH].[HH].[HH]. The standard InChI is InChI=1S/C65H113N5O23.3H2/c1-53(2)61(68-58(71)51-70-59(72)15-16-60(70)73)63(75)66-54(3)62(74)67-57-14-13-56(52-93-64(76)65(4,5)6)55(50-57)12-9-17-69(18-10-20-79-26-28-83-34-36-87-42-44-91-48-46-89-40-38-85-32-30-81-24-22-77-7)19-11-21-80-27-29-84-35-37-88-43-45-92-49-47-90-41-39-86-33-31-82-25-23-78-8;;;/h13-16,50,53-54,61H,9-12,17-49,51-52H2,1-8H3,(H,66,75)(H,67,74)(H,68,71);3*1H/t54-,61-;;;/m0.../s1. The molecule has 0 spiro atoms. The molecule has 0 radical (unpaired) electrons. The maximum atomic E-state index is 13.6. The molecule has 93 heavy (non-hydrogen) atoms. The zero-order chi connectivity index (χ0) is 67.8. The van der Waals surface area contributed by atoms with Crippen LogP contribution in [0, 0.1) is 11.3 Å². The number of nitrogens with one attached hydrogen (secondary N) is 3. The lowest BCUT2D eigenvalue weighted by Gasteiger charge is -2.25. The van der Waals surface area contributed by atoms with Gasteiger partial charge in [-0.15, -0.1) is 0 Å². The Labute approximate surface area is 556 Å². The Morgan fingerprint density at radius 3 is 1.18 bits per heavy atom. The minimum absolute atomic E-state index is 0. The van der Waals surface area contributed by atoms with E-state index in [1.54, 1.807) is 54.9 Å². The van der Waals surface area contributed by atoms with E-state index >= 15 is 0 Å². The fourth-order valence-electron chi connectivity index (χ4n) is 8.28. The fourth-order valence-corrected chi connectivity index (χ4v) is 8.28. The largest absolute Gasteiger partial charge is 0.460 e. The first kappa shape index (κ1) is 84.4. The van der Waals surface area contributed by atoms with Crippen molar-refractivity contribution in [1.82, 2.24) is 20.4 Å². The second-order valence-electron chi connectivity index (χ2n) is 22.6. The smallest absolute Gasteiger partial charge is 0.311 e. The van der Waals surface area contributed by atoms with Gasteiger partial charge in [0.1, 0.15) is 25.2 Å². The summed E-state index contributed by atoms with van der Waals surface area (Å²) in [4.78, 5) is 79.9. The average Bonchev–Trinajstić information content (AvgIpc) is 1.26. The summed E-state index contributed by atoms with van der Waals surface area (Å²) >= 11 is 0. The number of carbonyl (C=O) groups is 6. The van der Waals surface area contributed by atoms with Crippen LogP contribution >= 0.6 is 0 Å². The molecule has 0 bridgehead atoms. The van der Waals surface area contributed by atoms with Crippen molar-refractivity contribution >= 4 is 41.2 Å². The van der Waals surface area contributed by atoms with Crippen molar-refractivity contribution in [3.8, 4) is 0 Å². The van der Waals surface area contributed by atoms with Crippen molar-refractivity contribution in [2.24, 2.45) is 11.3 Å². The Morgan fingerprint density at radius 2 is 0.828 bits per heavy atom. The quantitative estimate of drug-likeness (QED) is 0.0477. The van der Waals surface area contributed by atoms with E-state index in [1.165, 1.54) is 6.92 Å². The molecule has 2 rings (SSSR count). The highest BCUT2D eigenvalue weighted by molar-refractivity contribution is 6.14. The van der Waals surface area contributed by atoms with Gasteiger partial charge in [-0.1, -0.05) is 19.9 Å². The van der Waals surface area contributed by atoms with E-state index in [4.69, 9.17) is 80.5 Å². The van der Waals surface area contributed by atoms with Gasteiger partial charge in [0.15, 0.2) is 0 Å². The molecule has 0 saturated heterocycles. The number of ether oxygens (including phenoxy) is 17. The molecule has 3 N–H and O–H groups in total. The lowest BCUT2D eigenvalue weighted by atomic mass is 9.97. The fraction of sp³-hybridized carbons (Fsp3) is 0.785. The molecule has 0 aromatic heterocycles. The lowest BCUT2D eigenvalue weighted by Crippen LogP contribution is -2.55. The Bertz CT molecular complexity index is 2090. The summed E-state index contributed by atoms with van der Waals surface area (Å²) in [5.74, 6) is -3.83. The van der Waals surface area contributed by atoms with E-state index < -0.39 is 59.5 Å². The molecule has 2 atom stereocenters. The monoisotopic (exact) mass is 1340 g/mol. The molecule has 0 fully saturated rings. The van der Waals surface area contributed by atoms with Crippen molar-refractivity contribution in [2.45, 2.75) is 85.9 Å². The van der Waals surface area contributed by atoms with Crippen LogP contribution in [0.1, 0.15) is 76.2 Å². The van der Waals surface area contributed by atoms with Gasteiger partial charge in [-0.05, 0) is 89.1 Å². The third-order valence-corrected chi connectivity index (χ3v) is 13.4. The van der Waals surface area contributed by atoms with E-state index in [9.17, 15) is 28.8 Å². The third-order valence-electron chi connectivity index (χ3n) is 13.4. The van der Waals surface area contributed by atoms with Crippen molar-refractivity contribution in [1.29, 1.82) is 0 Å². The third kappa shape index (κ3) is 45.4. The molecular formula is C65H119N5O23. The van der Waals surface area contributed by atoms with Gasteiger partial charge in [0, 0.05) is 62.6 Å². The highest BCUT2D eigenvalue weighted by atomic mass is 16.6. The number of hydrogen-bond acceptors (Lipinski definition) is 24. The van der Waals surface area contributed by atoms with Gasteiger partial charge < -0.3 is 101 Å². The summed E-state index contributed by atoms with van der Waals surface area (Å²) in [6.07, 6.45) is 5.01. The summed E-state index contributed by atoms with van der Waals surface area (Å²) in [6, 6.07) is 3.30. The Morgan fingerprint density at radius 1 is 0.473 bits per heavy atom. The normalized spacial score (nSPS) is 13.2. The average molecular weight is 1340 g/mol. The van der Waals surface area contributed by atoms with E-state index in [2.05, 4.69) is 20.9 Å². The van der Waals surface area contributed by atoms with E-state index in [-0.39, 0.29) is 16.9 Å². The minimum Gasteiger partial charge on any atom is -0.460 e. The van der Waals surface area contributed by atoms with Gasteiger partial charge in [0.2, 0.25) is 17.7 Å². The van der Waals surface area contributed by atoms with Crippen LogP contribution < -0.4 is 16.0 Å². The second-order valence-corrected chi connectivity index (χ2v) is 22.6. The lowest BCUT2D eigenvalue weighted by molar-refractivity contribution is -0.154. The molecule has 28 heteroatoms. The van der Waals surface area contributed by atoms with Gasteiger partial charge in [-0.2, -0.15) is 0 Å². The van der Waals surface area contributed by atoms with Gasteiger partial charge in [-0.3, -0.25) is 33.7 Å². The number of hydrogen-bond donors (Lipinski definition) is 3. The van der Waals surface area contributed by atoms with E-state index in [1.807, 2.05) is 12.1 Å². The molecule has 1 aromatic carbocycles. The summed E-state index contributed by atoms with van der Waals surface area (Å²) in [7, 11) is 3.27. The molecule has 1 aliphatic rings. The molecule has 5 amide bonds. The summed E-state index contributed by atoms with van der Waals surface area (Å²) < 4.78 is 93.9. The maximum absolute atomic E-state index is 13.6. The first-order valence-corrected chi connectivity index (χ1v) is 32.6. The number of benzene rings is 1. The van der Waals surface area contributed by atoms with E-state index in [0.717, 1.165) is 67.1 Å². The van der Waals surface area contributed by atoms with Crippen LogP contribution in [0.5, 0.6) is 0 Å². The van der Waals surface area contributed by atoms with Crippen LogP contribution in [0.3, 0.4) is 0 Å². The van der Waals surface area contributed by atoms with Crippen molar-refractivity contribution in [2.75, 3.05) is 244 Å². The number of esters is 1. The highest BCUT2D eigenvalue weighted by Gasteiger charge is 2.31. The molecule has 1 aliphatic heterocycles. The van der Waals surface area contributed by atoms with Gasteiger partial charge in [0.05, 0.1) is 190 Å².